The Labute approximate surface area is 187 Å². The first-order valence-electron chi connectivity index (χ1n) is 9.71. The summed E-state index contributed by atoms with van der Waals surface area (Å²) in [6, 6.07) is 13.9. The van der Waals surface area contributed by atoms with Gasteiger partial charge in [0.05, 0.1) is 5.69 Å². The van der Waals surface area contributed by atoms with Gasteiger partial charge in [0, 0.05) is 48.6 Å². The summed E-state index contributed by atoms with van der Waals surface area (Å²) in [5.74, 6) is 0.484. The van der Waals surface area contributed by atoms with Gasteiger partial charge in [-0.2, -0.15) is 4.37 Å². The van der Waals surface area contributed by atoms with E-state index in [0.29, 0.717) is 26.1 Å². The van der Waals surface area contributed by atoms with Gasteiger partial charge >= 0.3 is 6.03 Å². The summed E-state index contributed by atoms with van der Waals surface area (Å²) in [6.07, 6.45) is 1.43. The van der Waals surface area contributed by atoms with Crippen molar-refractivity contribution in [2.75, 3.05) is 36.4 Å². The molecule has 1 aliphatic heterocycles. The summed E-state index contributed by atoms with van der Waals surface area (Å²) >= 11 is 4.83. The van der Waals surface area contributed by atoms with Crippen molar-refractivity contribution >= 4 is 44.3 Å². The molecule has 2 amide bonds. The zero-order valence-electron chi connectivity index (χ0n) is 16.2. The third-order valence-corrected chi connectivity index (χ3v) is 6.41. The second-order valence-electron chi connectivity index (χ2n) is 7.03. The van der Waals surface area contributed by atoms with E-state index in [-0.39, 0.29) is 11.8 Å². The van der Waals surface area contributed by atoms with E-state index in [1.54, 1.807) is 12.1 Å². The number of carbonyl (C=O) groups is 1. The van der Waals surface area contributed by atoms with E-state index in [9.17, 15) is 9.18 Å². The first kappa shape index (κ1) is 20.7. The van der Waals surface area contributed by atoms with E-state index >= 15 is 0 Å². The van der Waals surface area contributed by atoms with Gasteiger partial charge in [-0.15, -0.1) is 0 Å². The summed E-state index contributed by atoms with van der Waals surface area (Å²) in [4.78, 5) is 21.3. The van der Waals surface area contributed by atoms with Crippen LogP contribution < -0.4 is 10.2 Å². The zero-order valence-corrected chi connectivity index (χ0v) is 18.6. The van der Waals surface area contributed by atoms with Gasteiger partial charge in [0.15, 0.2) is 0 Å². The normalized spacial score (nSPS) is 14.5. The molecule has 0 atom stereocenters. The number of hydrogen-bond donors (Lipinski definition) is 1. The van der Waals surface area contributed by atoms with Crippen LogP contribution in [-0.4, -0.2) is 46.5 Å². The number of urea groups is 1. The molecule has 3 aromatic rings. The van der Waals surface area contributed by atoms with Crippen molar-refractivity contribution in [1.29, 1.82) is 0 Å². The van der Waals surface area contributed by atoms with Gasteiger partial charge in [-0.1, -0.05) is 24.3 Å². The minimum absolute atomic E-state index is 0.0991. The Balaban J connectivity index is 1.35. The van der Waals surface area contributed by atoms with E-state index in [1.165, 1.54) is 23.7 Å². The molecule has 0 unspecified atom stereocenters. The Morgan fingerprint density at radius 3 is 2.70 bits per heavy atom. The fraction of sp³-hybridized carbons (Fsp3) is 0.286. The van der Waals surface area contributed by atoms with Crippen LogP contribution in [-0.2, 0) is 6.42 Å². The molecular formula is C21H21BrFN5OS. The number of nitrogens with zero attached hydrogens (tertiary/aromatic N) is 4. The number of anilines is 2. The van der Waals surface area contributed by atoms with E-state index in [1.807, 2.05) is 29.2 Å². The van der Waals surface area contributed by atoms with E-state index in [2.05, 4.69) is 35.5 Å². The van der Waals surface area contributed by atoms with Crippen LogP contribution in [0.25, 0.3) is 0 Å². The van der Waals surface area contributed by atoms with E-state index < -0.39 is 0 Å². The van der Waals surface area contributed by atoms with Crippen LogP contribution in [0.3, 0.4) is 0 Å². The van der Waals surface area contributed by atoms with Gasteiger partial charge in [-0.3, -0.25) is 0 Å². The molecule has 0 aliphatic carbocycles. The number of rotatable bonds is 4. The molecule has 0 radical (unpaired) electrons. The molecule has 6 nitrogen and oxygen atoms in total. The molecule has 0 spiro atoms. The van der Waals surface area contributed by atoms with Gasteiger partial charge in [0.25, 0.3) is 0 Å². The summed E-state index contributed by atoms with van der Waals surface area (Å²) in [6.45, 7) is 2.83. The second-order valence-corrected chi connectivity index (χ2v) is 8.62. The Hall–Kier alpha value is -2.52. The molecule has 2 heterocycles. The molecule has 1 fully saturated rings. The standard InChI is InChI=1S/C21H21BrFN5OS/c22-17-4-1-2-5-18(17)24-20(29)27-10-3-11-28(13-12-27)21-25-19(26-30-21)14-15-6-8-16(23)9-7-15/h1-2,4-9H,3,10-14H2,(H,24,29). The first-order chi connectivity index (χ1) is 14.6. The van der Waals surface area contributed by atoms with Crippen LogP contribution in [0.1, 0.15) is 17.8 Å². The number of nitrogens with one attached hydrogen (secondary N) is 1. The lowest BCUT2D eigenvalue weighted by molar-refractivity contribution is 0.215. The van der Waals surface area contributed by atoms with Crippen LogP contribution in [0, 0.1) is 5.82 Å². The summed E-state index contributed by atoms with van der Waals surface area (Å²) in [7, 11) is 0. The van der Waals surface area contributed by atoms with Crippen molar-refractivity contribution in [2.24, 2.45) is 0 Å². The van der Waals surface area contributed by atoms with Crippen LogP contribution in [0.4, 0.5) is 20.0 Å². The summed E-state index contributed by atoms with van der Waals surface area (Å²) in [5.41, 5.74) is 1.74. The van der Waals surface area contributed by atoms with Gasteiger partial charge < -0.3 is 15.1 Å². The number of amides is 2. The maximum absolute atomic E-state index is 13.1. The van der Waals surface area contributed by atoms with Crippen molar-refractivity contribution in [2.45, 2.75) is 12.8 Å². The van der Waals surface area contributed by atoms with Crippen LogP contribution >= 0.6 is 27.5 Å². The maximum Gasteiger partial charge on any atom is 0.321 e. The van der Waals surface area contributed by atoms with Crippen LogP contribution in [0.15, 0.2) is 53.0 Å². The average molecular weight is 490 g/mol. The molecule has 30 heavy (non-hydrogen) atoms. The molecule has 1 aliphatic rings. The van der Waals surface area contributed by atoms with Crippen molar-refractivity contribution in [3.63, 3.8) is 0 Å². The maximum atomic E-state index is 13.1. The lowest BCUT2D eigenvalue weighted by atomic mass is 10.1. The predicted octanol–water partition coefficient (Wildman–Crippen LogP) is 4.77. The summed E-state index contributed by atoms with van der Waals surface area (Å²) < 4.78 is 18.4. The largest absolute Gasteiger partial charge is 0.345 e. The van der Waals surface area contributed by atoms with Crippen molar-refractivity contribution in [1.82, 2.24) is 14.3 Å². The average Bonchev–Trinajstić information content (AvgIpc) is 3.06. The van der Waals surface area contributed by atoms with E-state index in [4.69, 9.17) is 0 Å². The number of hydrogen-bond acceptors (Lipinski definition) is 5. The van der Waals surface area contributed by atoms with Gasteiger partial charge in [0.1, 0.15) is 11.6 Å². The Kier molecular flexibility index (Phi) is 6.59. The van der Waals surface area contributed by atoms with Gasteiger partial charge in [0.2, 0.25) is 5.13 Å². The lowest BCUT2D eigenvalue weighted by Gasteiger charge is -2.22. The molecule has 1 saturated heterocycles. The highest BCUT2D eigenvalue weighted by Crippen LogP contribution is 2.23. The van der Waals surface area contributed by atoms with Crippen molar-refractivity contribution < 1.29 is 9.18 Å². The molecule has 1 aromatic heterocycles. The van der Waals surface area contributed by atoms with Crippen LogP contribution in [0.5, 0.6) is 0 Å². The molecule has 4 rings (SSSR count). The third kappa shape index (κ3) is 5.14. The van der Waals surface area contributed by atoms with Crippen LogP contribution in [0.2, 0.25) is 0 Å². The smallest absolute Gasteiger partial charge is 0.321 e. The molecule has 0 saturated carbocycles. The highest BCUT2D eigenvalue weighted by Gasteiger charge is 2.22. The number of benzene rings is 2. The SMILES string of the molecule is O=C(Nc1ccccc1Br)N1CCCN(c2nc(Cc3ccc(F)cc3)ns2)CC1. The number of aromatic nitrogens is 2. The Bertz CT molecular complexity index is 1010. The van der Waals surface area contributed by atoms with Gasteiger partial charge in [-0.25, -0.2) is 14.2 Å². The van der Waals surface area contributed by atoms with Gasteiger partial charge in [-0.05, 0) is 52.2 Å². The molecule has 0 bridgehead atoms. The minimum atomic E-state index is -0.247. The lowest BCUT2D eigenvalue weighted by Crippen LogP contribution is -2.38. The highest BCUT2D eigenvalue weighted by atomic mass is 79.9. The van der Waals surface area contributed by atoms with E-state index in [0.717, 1.165) is 39.6 Å². The molecule has 1 N–H and O–H groups in total. The molecule has 9 heteroatoms. The number of carbonyl (C=O) groups excluding carboxylic acids is 1. The highest BCUT2D eigenvalue weighted by molar-refractivity contribution is 9.10. The third-order valence-electron chi connectivity index (χ3n) is 4.90. The molecule has 156 valence electrons. The Morgan fingerprint density at radius 1 is 1.10 bits per heavy atom. The monoisotopic (exact) mass is 489 g/mol. The molecular weight excluding hydrogens is 469 g/mol. The second kappa shape index (κ2) is 9.53. The predicted molar refractivity (Wildman–Crippen MR) is 121 cm³/mol. The first-order valence-corrected chi connectivity index (χ1v) is 11.3. The molecule has 2 aromatic carbocycles. The quantitative estimate of drug-likeness (QED) is 0.572. The number of para-hydroxylation sites is 1. The topological polar surface area (TPSA) is 61.4 Å². The Morgan fingerprint density at radius 2 is 1.90 bits per heavy atom. The number of halogens is 2. The fourth-order valence-corrected chi connectivity index (χ4v) is 4.42. The zero-order chi connectivity index (χ0) is 20.9. The van der Waals surface area contributed by atoms with Crippen molar-refractivity contribution in [3.8, 4) is 0 Å². The fourth-order valence-electron chi connectivity index (χ4n) is 3.30. The minimum Gasteiger partial charge on any atom is -0.345 e. The van der Waals surface area contributed by atoms with Crippen molar-refractivity contribution in [3.05, 3.63) is 70.2 Å². The summed E-state index contributed by atoms with van der Waals surface area (Å²) in [5, 5.41) is 3.83.